The van der Waals surface area contributed by atoms with Crippen LogP contribution in [0.5, 0.6) is 0 Å². The highest BCUT2D eigenvalue weighted by atomic mass is 35.5. The van der Waals surface area contributed by atoms with Gasteiger partial charge >= 0.3 is 0 Å². The maximum atomic E-state index is 13.1. The highest BCUT2D eigenvalue weighted by Gasteiger charge is 2.24. The highest BCUT2D eigenvalue weighted by molar-refractivity contribution is 6.35. The molecular weight excluding hydrogens is 461 g/mol. The van der Waals surface area contributed by atoms with E-state index in [1.807, 2.05) is 42.2 Å². The normalized spacial score (nSPS) is 14.8. The fraction of sp³-hybridized carbons (Fsp3) is 0.292. The molecule has 0 unspecified atom stereocenters. The van der Waals surface area contributed by atoms with Crippen molar-refractivity contribution in [1.82, 2.24) is 24.6 Å². The van der Waals surface area contributed by atoms with Gasteiger partial charge in [0.1, 0.15) is 12.3 Å². The summed E-state index contributed by atoms with van der Waals surface area (Å²) in [4.78, 5) is 21.7. The number of amides is 1. The summed E-state index contributed by atoms with van der Waals surface area (Å²) in [6.07, 6.45) is 3.37. The number of rotatable bonds is 5. The van der Waals surface area contributed by atoms with E-state index in [0.29, 0.717) is 28.8 Å². The number of aryl methyl sites for hydroxylation is 1. The summed E-state index contributed by atoms with van der Waals surface area (Å²) < 4.78 is 7.27. The number of fused-ring (bicyclic) bond motifs is 1. The molecule has 170 valence electrons. The second-order valence-corrected chi connectivity index (χ2v) is 9.01. The molecule has 1 aliphatic rings. The Morgan fingerprint density at radius 2 is 1.94 bits per heavy atom. The smallest absolute Gasteiger partial charge is 0.244 e. The summed E-state index contributed by atoms with van der Waals surface area (Å²) in [6, 6.07) is 11.2. The van der Waals surface area contributed by atoms with Gasteiger partial charge in [0.25, 0.3) is 0 Å². The minimum atomic E-state index is 0.0359. The number of aromatic nitrogens is 3. The second kappa shape index (κ2) is 9.17. The maximum absolute atomic E-state index is 13.1. The van der Waals surface area contributed by atoms with Crippen LogP contribution >= 0.6 is 23.2 Å². The Kier molecular flexibility index (Phi) is 6.10. The number of benzene rings is 1. The van der Waals surface area contributed by atoms with Crippen LogP contribution in [0.4, 0.5) is 0 Å². The van der Waals surface area contributed by atoms with Gasteiger partial charge in [-0.15, -0.1) is 0 Å². The predicted molar refractivity (Wildman–Crippen MR) is 128 cm³/mol. The SMILES string of the molecule is Cc1nn(CC(=O)N2CCN(Cc3ccc(Cl)cc3Cl)CC2)c2nccc(-c3ccco3)c12. The van der Waals surface area contributed by atoms with Gasteiger partial charge in [0, 0.05) is 54.5 Å². The number of piperazine rings is 1. The van der Waals surface area contributed by atoms with Crippen molar-refractivity contribution < 1.29 is 9.21 Å². The van der Waals surface area contributed by atoms with Crippen LogP contribution in [-0.4, -0.2) is 56.7 Å². The second-order valence-electron chi connectivity index (χ2n) is 8.17. The first kappa shape index (κ1) is 21.9. The van der Waals surface area contributed by atoms with Gasteiger partial charge in [-0.1, -0.05) is 29.3 Å². The number of furan rings is 1. The van der Waals surface area contributed by atoms with E-state index in [1.54, 1.807) is 23.2 Å². The first-order valence-corrected chi connectivity index (χ1v) is 11.6. The van der Waals surface area contributed by atoms with Gasteiger partial charge in [-0.3, -0.25) is 9.69 Å². The number of hydrogen-bond acceptors (Lipinski definition) is 5. The zero-order chi connectivity index (χ0) is 22.9. The molecule has 0 bridgehead atoms. The number of hydrogen-bond donors (Lipinski definition) is 0. The molecule has 1 amide bonds. The van der Waals surface area contributed by atoms with E-state index in [0.717, 1.165) is 47.6 Å². The Balaban J connectivity index is 1.26. The molecule has 4 heterocycles. The summed E-state index contributed by atoms with van der Waals surface area (Å²) in [6.45, 7) is 5.70. The average Bonchev–Trinajstić information content (AvgIpc) is 3.45. The Labute approximate surface area is 201 Å². The summed E-state index contributed by atoms with van der Waals surface area (Å²) >= 11 is 12.3. The van der Waals surface area contributed by atoms with Gasteiger partial charge in [-0.2, -0.15) is 5.10 Å². The number of carbonyl (C=O) groups is 1. The van der Waals surface area contributed by atoms with Gasteiger partial charge in [0.15, 0.2) is 5.65 Å². The fourth-order valence-electron chi connectivity index (χ4n) is 4.30. The molecule has 1 saturated heterocycles. The molecule has 3 aromatic heterocycles. The first-order valence-electron chi connectivity index (χ1n) is 10.8. The minimum Gasteiger partial charge on any atom is -0.464 e. The van der Waals surface area contributed by atoms with E-state index >= 15 is 0 Å². The Morgan fingerprint density at radius 1 is 1.12 bits per heavy atom. The molecule has 0 spiro atoms. The zero-order valence-corrected chi connectivity index (χ0v) is 19.7. The summed E-state index contributed by atoms with van der Waals surface area (Å²) in [5, 5.41) is 6.82. The van der Waals surface area contributed by atoms with E-state index in [-0.39, 0.29) is 12.5 Å². The monoisotopic (exact) mass is 483 g/mol. The molecule has 0 atom stereocenters. The van der Waals surface area contributed by atoms with E-state index in [4.69, 9.17) is 27.6 Å². The van der Waals surface area contributed by atoms with Crippen molar-refractivity contribution in [3.63, 3.8) is 0 Å². The average molecular weight is 484 g/mol. The van der Waals surface area contributed by atoms with Gasteiger partial charge in [0.2, 0.25) is 5.91 Å². The standard InChI is InChI=1S/C24H23Cl2N5O2/c1-16-23-19(21-3-2-12-33-21)6-7-27-24(23)31(28-16)15-22(32)30-10-8-29(9-11-30)14-17-4-5-18(25)13-20(17)26/h2-7,12-13H,8-11,14-15H2,1H3. The number of carbonyl (C=O) groups excluding carboxylic acids is 1. The fourth-order valence-corrected chi connectivity index (χ4v) is 4.77. The molecule has 0 radical (unpaired) electrons. The van der Waals surface area contributed by atoms with Gasteiger partial charge in [-0.05, 0) is 42.8 Å². The molecule has 9 heteroatoms. The quantitative estimate of drug-likeness (QED) is 0.413. The van der Waals surface area contributed by atoms with Crippen LogP contribution in [0.2, 0.25) is 10.0 Å². The summed E-state index contributed by atoms with van der Waals surface area (Å²) in [7, 11) is 0. The lowest BCUT2D eigenvalue weighted by atomic mass is 10.1. The molecular formula is C24H23Cl2N5O2. The third kappa shape index (κ3) is 4.49. The Morgan fingerprint density at radius 3 is 2.67 bits per heavy atom. The zero-order valence-electron chi connectivity index (χ0n) is 18.2. The number of pyridine rings is 1. The lowest BCUT2D eigenvalue weighted by Gasteiger charge is -2.35. The molecule has 1 aromatic carbocycles. The molecule has 1 fully saturated rings. The van der Waals surface area contributed by atoms with Crippen LogP contribution in [0.25, 0.3) is 22.4 Å². The topological polar surface area (TPSA) is 67.4 Å². The van der Waals surface area contributed by atoms with Gasteiger partial charge < -0.3 is 9.32 Å². The Hall–Kier alpha value is -2.87. The molecule has 0 saturated carbocycles. The lowest BCUT2D eigenvalue weighted by molar-refractivity contribution is -0.133. The Bertz CT molecular complexity index is 1290. The highest BCUT2D eigenvalue weighted by Crippen LogP contribution is 2.30. The molecule has 4 aromatic rings. The van der Waals surface area contributed by atoms with Crippen molar-refractivity contribution in [2.24, 2.45) is 0 Å². The van der Waals surface area contributed by atoms with Crippen molar-refractivity contribution in [2.45, 2.75) is 20.0 Å². The largest absolute Gasteiger partial charge is 0.464 e. The minimum absolute atomic E-state index is 0.0359. The van der Waals surface area contributed by atoms with Crippen LogP contribution in [0, 0.1) is 6.92 Å². The van der Waals surface area contributed by atoms with Crippen molar-refractivity contribution in [2.75, 3.05) is 26.2 Å². The third-order valence-electron chi connectivity index (χ3n) is 6.01. The summed E-state index contributed by atoms with van der Waals surface area (Å²) in [5.74, 6) is 0.794. The summed E-state index contributed by atoms with van der Waals surface area (Å²) in [5.41, 5.74) is 3.47. The molecule has 5 rings (SSSR count). The number of halogens is 2. The lowest BCUT2D eigenvalue weighted by Crippen LogP contribution is -2.49. The van der Waals surface area contributed by atoms with Gasteiger partial charge in [0.05, 0.1) is 17.3 Å². The van der Waals surface area contributed by atoms with Crippen LogP contribution < -0.4 is 0 Å². The van der Waals surface area contributed by atoms with E-state index in [2.05, 4.69) is 15.0 Å². The molecule has 0 N–H and O–H groups in total. The molecule has 1 aliphatic heterocycles. The van der Waals surface area contributed by atoms with Crippen molar-refractivity contribution >= 4 is 40.1 Å². The van der Waals surface area contributed by atoms with Crippen molar-refractivity contribution in [3.05, 3.63) is 70.2 Å². The molecule has 7 nitrogen and oxygen atoms in total. The number of nitrogens with zero attached hydrogens (tertiary/aromatic N) is 5. The van der Waals surface area contributed by atoms with Crippen molar-refractivity contribution in [3.8, 4) is 11.3 Å². The van der Waals surface area contributed by atoms with Crippen molar-refractivity contribution in [1.29, 1.82) is 0 Å². The molecule has 0 aliphatic carbocycles. The van der Waals surface area contributed by atoms with Crippen LogP contribution in [0.3, 0.4) is 0 Å². The predicted octanol–water partition coefficient (Wildman–Crippen LogP) is 4.65. The van der Waals surface area contributed by atoms with Gasteiger partial charge in [-0.25, -0.2) is 9.67 Å². The van der Waals surface area contributed by atoms with Crippen LogP contribution in [0.1, 0.15) is 11.3 Å². The van der Waals surface area contributed by atoms with Crippen LogP contribution in [0.15, 0.2) is 53.3 Å². The van der Waals surface area contributed by atoms with E-state index in [1.165, 1.54) is 0 Å². The van der Waals surface area contributed by atoms with E-state index in [9.17, 15) is 4.79 Å². The molecule has 33 heavy (non-hydrogen) atoms. The van der Waals surface area contributed by atoms with E-state index < -0.39 is 0 Å². The third-order valence-corrected chi connectivity index (χ3v) is 6.60. The first-order chi connectivity index (χ1) is 16.0. The maximum Gasteiger partial charge on any atom is 0.244 e. The van der Waals surface area contributed by atoms with Crippen LogP contribution in [-0.2, 0) is 17.9 Å².